The van der Waals surface area contributed by atoms with Crippen molar-refractivity contribution in [1.82, 2.24) is 10.3 Å². The largest absolute Gasteiger partial charge is 0.480 e. The minimum absolute atomic E-state index is 0.00160. The molecule has 2 atom stereocenters. The summed E-state index contributed by atoms with van der Waals surface area (Å²) in [6.07, 6.45) is 1.34. The van der Waals surface area contributed by atoms with Gasteiger partial charge in [0.15, 0.2) is 0 Å². The molecule has 1 aliphatic rings. The lowest BCUT2D eigenvalue weighted by Gasteiger charge is -2.28. The number of rotatable bonds is 4. The first-order valence-corrected chi connectivity index (χ1v) is 7.89. The van der Waals surface area contributed by atoms with Crippen molar-refractivity contribution in [3.05, 3.63) is 46.0 Å². The van der Waals surface area contributed by atoms with Crippen molar-refractivity contribution in [2.45, 2.75) is 18.9 Å². The van der Waals surface area contributed by atoms with Gasteiger partial charge in [-0.05, 0) is 31.0 Å². The molecular weight excluding hydrogens is 331 g/mol. The third kappa shape index (κ3) is 3.69. The Labute approximate surface area is 141 Å². The molecule has 3 rings (SSSR count). The van der Waals surface area contributed by atoms with Crippen LogP contribution in [0.3, 0.4) is 0 Å². The Balaban J connectivity index is 1.93. The topological polar surface area (TPSA) is 108 Å². The molecule has 132 valence electrons. The number of amides is 1. The number of aromatic amines is 1. The Bertz CT molecular complexity index is 873. The van der Waals surface area contributed by atoms with Crippen LogP contribution < -0.4 is 10.9 Å². The van der Waals surface area contributed by atoms with Crippen LogP contribution in [0.4, 0.5) is 4.39 Å². The SMILES string of the molecule is O=C(N[C@@H](C(=O)O)[C@@H]1CCCOC1)c1cc(=O)[nH]c2cc(F)ccc12. The Morgan fingerprint density at radius 2 is 2.16 bits per heavy atom. The summed E-state index contributed by atoms with van der Waals surface area (Å²) < 4.78 is 18.6. The van der Waals surface area contributed by atoms with Gasteiger partial charge in [-0.15, -0.1) is 0 Å². The zero-order chi connectivity index (χ0) is 18.0. The van der Waals surface area contributed by atoms with Gasteiger partial charge >= 0.3 is 5.97 Å². The van der Waals surface area contributed by atoms with E-state index in [0.29, 0.717) is 18.4 Å². The first kappa shape index (κ1) is 17.1. The van der Waals surface area contributed by atoms with Gasteiger partial charge < -0.3 is 20.1 Å². The predicted octanol–water partition coefficient (Wildman–Crippen LogP) is 1.28. The Hall–Kier alpha value is -2.74. The maximum atomic E-state index is 13.3. The molecule has 3 N–H and O–H groups in total. The van der Waals surface area contributed by atoms with Crippen LogP contribution in [-0.2, 0) is 9.53 Å². The lowest BCUT2D eigenvalue weighted by Crippen LogP contribution is -2.48. The van der Waals surface area contributed by atoms with Gasteiger partial charge in [-0.1, -0.05) is 0 Å². The van der Waals surface area contributed by atoms with Crippen molar-refractivity contribution in [3.8, 4) is 0 Å². The number of pyridine rings is 1. The number of carbonyl (C=O) groups is 2. The zero-order valence-corrected chi connectivity index (χ0v) is 13.3. The van der Waals surface area contributed by atoms with Crippen LogP contribution in [0.1, 0.15) is 23.2 Å². The molecule has 1 aromatic heterocycles. The summed E-state index contributed by atoms with van der Waals surface area (Å²) in [7, 11) is 0. The lowest BCUT2D eigenvalue weighted by molar-refractivity contribution is -0.142. The number of aromatic nitrogens is 1. The number of aliphatic carboxylic acids is 1. The maximum absolute atomic E-state index is 13.3. The van der Waals surface area contributed by atoms with E-state index in [1.807, 2.05) is 0 Å². The van der Waals surface area contributed by atoms with Gasteiger partial charge in [0.2, 0.25) is 5.56 Å². The van der Waals surface area contributed by atoms with Crippen molar-refractivity contribution in [3.63, 3.8) is 0 Å². The molecule has 1 aromatic carbocycles. The summed E-state index contributed by atoms with van der Waals surface area (Å²) in [5.74, 6) is -2.76. The molecule has 1 saturated heterocycles. The number of halogens is 1. The molecule has 0 aliphatic carbocycles. The lowest BCUT2D eigenvalue weighted by atomic mass is 9.93. The second kappa shape index (κ2) is 7.02. The van der Waals surface area contributed by atoms with E-state index in [1.165, 1.54) is 12.1 Å². The molecule has 0 bridgehead atoms. The molecule has 2 heterocycles. The van der Waals surface area contributed by atoms with E-state index in [0.717, 1.165) is 18.6 Å². The molecule has 1 fully saturated rings. The maximum Gasteiger partial charge on any atom is 0.326 e. The summed E-state index contributed by atoms with van der Waals surface area (Å²) in [4.78, 5) is 38.3. The monoisotopic (exact) mass is 348 g/mol. The summed E-state index contributed by atoms with van der Waals surface area (Å²) in [6, 6.07) is 3.60. The highest BCUT2D eigenvalue weighted by Gasteiger charge is 2.32. The molecule has 1 amide bonds. The molecular formula is C17H17FN2O5. The molecule has 8 heteroatoms. The standard InChI is InChI=1S/C17H17FN2O5/c18-10-3-4-11-12(7-14(21)19-13(11)6-10)16(22)20-15(17(23)24)9-2-1-5-25-8-9/h3-4,6-7,9,15H,1-2,5,8H2,(H,19,21)(H,20,22)(H,23,24)/t9-,15-/m1/s1. The number of carboxylic acid groups (broad SMARTS) is 1. The second-order valence-corrected chi connectivity index (χ2v) is 6.00. The predicted molar refractivity (Wildman–Crippen MR) is 87.0 cm³/mol. The fourth-order valence-electron chi connectivity index (χ4n) is 3.05. The third-order valence-corrected chi connectivity index (χ3v) is 4.27. The van der Waals surface area contributed by atoms with Gasteiger partial charge in [0, 0.05) is 24.0 Å². The molecule has 0 saturated carbocycles. The smallest absolute Gasteiger partial charge is 0.326 e. The van der Waals surface area contributed by atoms with Crippen LogP contribution in [0.25, 0.3) is 10.9 Å². The average molecular weight is 348 g/mol. The summed E-state index contributed by atoms with van der Waals surface area (Å²) in [6.45, 7) is 0.819. The van der Waals surface area contributed by atoms with E-state index in [4.69, 9.17) is 4.74 Å². The van der Waals surface area contributed by atoms with Crippen molar-refractivity contribution in [1.29, 1.82) is 0 Å². The van der Waals surface area contributed by atoms with E-state index in [9.17, 15) is 23.9 Å². The molecule has 1 aliphatic heterocycles. The van der Waals surface area contributed by atoms with E-state index < -0.39 is 29.3 Å². The van der Waals surface area contributed by atoms with Gasteiger partial charge in [-0.25, -0.2) is 9.18 Å². The van der Waals surface area contributed by atoms with Crippen LogP contribution in [0.2, 0.25) is 0 Å². The van der Waals surface area contributed by atoms with Crippen LogP contribution in [-0.4, -0.2) is 41.2 Å². The normalized spacial score (nSPS) is 18.7. The van der Waals surface area contributed by atoms with Gasteiger partial charge in [-0.3, -0.25) is 9.59 Å². The number of fused-ring (bicyclic) bond motifs is 1. The number of hydrogen-bond donors (Lipinski definition) is 3. The molecule has 0 radical (unpaired) electrons. The second-order valence-electron chi connectivity index (χ2n) is 6.00. The van der Waals surface area contributed by atoms with Crippen LogP contribution >= 0.6 is 0 Å². The van der Waals surface area contributed by atoms with Gasteiger partial charge in [0.25, 0.3) is 5.91 Å². The molecule has 0 spiro atoms. The van der Waals surface area contributed by atoms with E-state index in [-0.39, 0.29) is 23.6 Å². The van der Waals surface area contributed by atoms with Crippen LogP contribution in [0, 0.1) is 11.7 Å². The number of nitrogens with one attached hydrogen (secondary N) is 2. The van der Waals surface area contributed by atoms with Crippen molar-refractivity contribution < 1.29 is 23.8 Å². The zero-order valence-electron chi connectivity index (χ0n) is 13.3. The Kier molecular flexibility index (Phi) is 4.80. The first-order valence-electron chi connectivity index (χ1n) is 7.89. The quantitative estimate of drug-likeness (QED) is 0.771. The van der Waals surface area contributed by atoms with Crippen molar-refractivity contribution in [2.24, 2.45) is 5.92 Å². The summed E-state index contributed by atoms with van der Waals surface area (Å²) >= 11 is 0. The summed E-state index contributed by atoms with van der Waals surface area (Å²) in [5, 5.41) is 12.2. The number of hydrogen-bond acceptors (Lipinski definition) is 4. The highest BCUT2D eigenvalue weighted by Crippen LogP contribution is 2.20. The van der Waals surface area contributed by atoms with E-state index in [2.05, 4.69) is 10.3 Å². The fourth-order valence-corrected chi connectivity index (χ4v) is 3.05. The fraction of sp³-hybridized carbons (Fsp3) is 0.353. The van der Waals surface area contributed by atoms with Gasteiger partial charge in [0.05, 0.1) is 17.7 Å². The Morgan fingerprint density at radius 1 is 1.36 bits per heavy atom. The highest BCUT2D eigenvalue weighted by molar-refractivity contribution is 6.07. The molecule has 7 nitrogen and oxygen atoms in total. The molecule has 25 heavy (non-hydrogen) atoms. The molecule has 2 aromatic rings. The number of ether oxygens (including phenoxy) is 1. The number of H-pyrrole nitrogens is 1. The minimum atomic E-state index is -1.16. The first-order chi connectivity index (χ1) is 12.0. The number of carbonyl (C=O) groups excluding carboxylic acids is 1. The van der Waals surface area contributed by atoms with Gasteiger partial charge in [-0.2, -0.15) is 0 Å². The number of benzene rings is 1. The number of carboxylic acids is 1. The minimum Gasteiger partial charge on any atom is -0.480 e. The van der Waals surface area contributed by atoms with Crippen LogP contribution in [0.5, 0.6) is 0 Å². The summed E-state index contributed by atoms with van der Waals surface area (Å²) in [5.41, 5.74) is -0.400. The molecule has 0 unspecified atom stereocenters. The van der Waals surface area contributed by atoms with E-state index in [1.54, 1.807) is 0 Å². The van der Waals surface area contributed by atoms with Gasteiger partial charge in [0.1, 0.15) is 11.9 Å². The third-order valence-electron chi connectivity index (χ3n) is 4.27. The Morgan fingerprint density at radius 3 is 2.84 bits per heavy atom. The van der Waals surface area contributed by atoms with E-state index >= 15 is 0 Å². The van der Waals surface area contributed by atoms with Crippen molar-refractivity contribution in [2.75, 3.05) is 13.2 Å². The highest BCUT2D eigenvalue weighted by atomic mass is 19.1. The average Bonchev–Trinajstić information content (AvgIpc) is 2.58. The van der Waals surface area contributed by atoms with Crippen molar-refractivity contribution >= 4 is 22.8 Å². The van der Waals surface area contributed by atoms with Crippen LogP contribution in [0.15, 0.2) is 29.1 Å².